The second kappa shape index (κ2) is 7.81. The molecule has 1 amide bonds. The number of carbonyl (C=O) groups is 1. The van der Waals surface area contributed by atoms with Crippen molar-refractivity contribution in [1.82, 2.24) is 4.90 Å². The summed E-state index contributed by atoms with van der Waals surface area (Å²) in [6.07, 6.45) is 5.88. The first-order chi connectivity index (χ1) is 9.63. The number of nitrogens with zero attached hydrogens (tertiary/aromatic N) is 1. The number of rotatable bonds is 4. The van der Waals surface area contributed by atoms with E-state index < -0.39 is 0 Å². The molecule has 2 rings (SSSR count). The van der Waals surface area contributed by atoms with E-state index in [1.54, 1.807) is 0 Å². The standard InChI is InChI=1S/C15H18Br2ClNO/c16-11-6-7-13(14(17)10-11)15(20)19(9-8-18)12-4-2-1-3-5-12/h6-7,10,12H,1-5,8-9H2. The molecule has 1 aliphatic carbocycles. The van der Waals surface area contributed by atoms with Crippen LogP contribution < -0.4 is 0 Å². The maximum absolute atomic E-state index is 12.8. The monoisotopic (exact) mass is 421 g/mol. The van der Waals surface area contributed by atoms with Gasteiger partial charge in [0.25, 0.3) is 5.91 Å². The molecule has 0 heterocycles. The van der Waals surface area contributed by atoms with Gasteiger partial charge >= 0.3 is 0 Å². The summed E-state index contributed by atoms with van der Waals surface area (Å²) in [5.41, 5.74) is 0.712. The number of hydrogen-bond acceptors (Lipinski definition) is 1. The van der Waals surface area contributed by atoms with E-state index in [0.29, 0.717) is 24.0 Å². The van der Waals surface area contributed by atoms with Crippen LogP contribution >= 0.6 is 43.5 Å². The average Bonchev–Trinajstić information content (AvgIpc) is 2.45. The molecule has 0 N–H and O–H groups in total. The molecule has 2 nitrogen and oxygen atoms in total. The van der Waals surface area contributed by atoms with Crippen LogP contribution in [0.2, 0.25) is 0 Å². The zero-order valence-corrected chi connectivity index (χ0v) is 15.2. The summed E-state index contributed by atoms with van der Waals surface area (Å²) < 4.78 is 1.79. The zero-order chi connectivity index (χ0) is 14.5. The highest BCUT2D eigenvalue weighted by atomic mass is 79.9. The van der Waals surface area contributed by atoms with Crippen molar-refractivity contribution in [2.45, 2.75) is 38.1 Å². The van der Waals surface area contributed by atoms with Gasteiger partial charge in [0.2, 0.25) is 0 Å². The van der Waals surface area contributed by atoms with Gasteiger partial charge in [0.1, 0.15) is 0 Å². The van der Waals surface area contributed by atoms with Gasteiger partial charge in [0, 0.05) is 27.4 Å². The van der Waals surface area contributed by atoms with E-state index >= 15 is 0 Å². The van der Waals surface area contributed by atoms with Crippen LogP contribution in [0.1, 0.15) is 42.5 Å². The van der Waals surface area contributed by atoms with Gasteiger partial charge in [0.05, 0.1) is 5.56 Å². The van der Waals surface area contributed by atoms with Crippen molar-refractivity contribution in [2.24, 2.45) is 0 Å². The predicted molar refractivity (Wildman–Crippen MR) is 90.5 cm³/mol. The third-order valence-electron chi connectivity index (χ3n) is 3.76. The highest BCUT2D eigenvalue weighted by molar-refractivity contribution is 9.11. The maximum Gasteiger partial charge on any atom is 0.255 e. The molecular weight excluding hydrogens is 405 g/mol. The fraction of sp³-hybridized carbons (Fsp3) is 0.533. The van der Waals surface area contributed by atoms with Gasteiger partial charge < -0.3 is 4.90 Å². The Kier molecular flexibility index (Phi) is 6.37. The van der Waals surface area contributed by atoms with Gasteiger partial charge in [-0.25, -0.2) is 0 Å². The van der Waals surface area contributed by atoms with Crippen LogP contribution in [-0.4, -0.2) is 29.3 Å². The maximum atomic E-state index is 12.8. The predicted octanol–water partition coefficient (Wildman–Crippen LogP) is 5.23. The second-order valence-corrected chi connectivity index (χ2v) is 7.25. The third-order valence-corrected chi connectivity index (χ3v) is 5.08. The Morgan fingerprint density at radius 2 is 1.95 bits per heavy atom. The first kappa shape index (κ1) is 16.3. The number of benzene rings is 1. The molecule has 0 aromatic heterocycles. The highest BCUT2D eigenvalue weighted by Crippen LogP contribution is 2.27. The van der Waals surface area contributed by atoms with Gasteiger partial charge in [-0.1, -0.05) is 35.2 Å². The topological polar surface area (TPSA) is 20.3 Å². The smallest absolute Gasteiger partial charge is 0.255 e. The normalized spacial score (nSPS) is 16.1. The van der Waals surface area contributed by atoms with Crippen LogP contribution in [0.5, 0.6) is 0 Å². The lowest BCUT2D eigenvalue weighted by atomic mass is 9.93. The molecule has 1 aromatic carbocycles. The molecule has 1 fully saturated rings. The molecular formula is C15H18Br2ClNO. The Bertz CT molecular complexity index is 475. The average molecular weight is 424 g/mol. The minimum absolute atomic E-state index is 0.0805. The molecule has 0 saturated heterocycles. The van der Waals surface area contributed by atoms with Gasteiger partial charge in [-0.2, -0.15) is 0 Å². The quantitative estimate of drug-likeness (QED) is 0.608. The van der Waals surface area contributed by atoms with Crippen molar-refractivity contribution in [1.29, 1.82) is 0 Å². The lowest BCUT2D eigenvalue weighted by molar-refractivity contribution is 0.0649. The van der Waals surface area contributed by atoms with Crippen LogP contribution in [0.4, 0.5) is 0 Å². The third kappa shape index (κ3) is 3.99. The van der Waals surface area contributed by atoms with Crippen molar-refractivity contribution in [3.05, 3.63) is 32.7 Å². The summed E-state index contributed by atoms with van der Waals surface area (Å²) in [6, 6.07) is 6.01. The number of alkyl halides is 1. The van der Waals surface area contributed by atoms with E-state index in [0.717, 1.165) is 21.8 Å². The number of carbonyl (C=O) groups excluding carboxylic acids is 1. The van der Waals surface area contributed by atoms with Crippen LogP contribution in [-0.2, 0) is 0 Å². The number of amides is 1. The molecule has 0 radical (unpaired) electrons. The lowest BCUT2D eigenvalue weighted by Crippen LogP contribution is -2.42. The Hall–Kier alpha value is -0.0600. The van der Waals surface area contributed by atoms with Gasteiger partial charge in [0.15, 0.2) is 0 Å². The summed E-state index contributed by atoms with van der Waals surface area (Å²) in [7, 11) is 0. The van der Waals surface area contributed by atoms with E-state index in [1.165, 1.54) is 19.3 Å². The van der Waals surface area contributed by atoms with E-state index in [1.807, 2.05) is 23.1 Å². The van der Waals surface area contributed by atoms with Crippen LogP contribution in [0.25, 0.3) is 0 Å². The number of hydrogen-bond donors (Lipinski definition) is 0. The van der Waals surface area contributed by atoms with Gasteiger partial charge in [-0.3, -0.25) is 4.79 Å². The van der Waals surface area contributed by atoms with Crippen LogP contribution in [0.15, 0.2) is 27.1 Å². The summed E-state index contributed by atoms with van der Waals surface area (Å²) in [6.45, 7) is 0.619. The summed E-state index contributed by atoms with van der Waals surface area (Å²) in [5.74, 6) is 0.563. The molecule has 0 bridgehead atoms. The molecule has 0 unspecified atom stereocenters. The summed E-state index contributed by atoms with van der Waals surface area (Å²) >= 11 is 12.8. The Balaban J connectivity index is 2.21. The first-order valence-electron chi connectivity index (χ1n) is 6.95. The molecule has 20 heavy (non-hydrogen) atoms. The van der Waals surface area contributed by atoms with Crippen molar-refractivity contribution in [3.63, 3.8) is 0 Å². The molecule has 1 saturated carbocycles. The van der Waals surface area contributed by atoms with Crippen LogP contribution in [0, 0.1) is 0 Å². The molecule has 1 aliphatic rings. The van der Waals surface area contributed by atoms with Crippen molar-refractivity contribution >= 4 is 49.4 Å². The van der Waals surface area contributed by atoms with Crippen molar-refractivity contribution in [2.75, 3.05) is 12.4 Å². The van der Waals surface area contributed by atoms with Crippen LogP contribution in [0.3, 0.4) is 0 Å². The Labute approximate surface area is 142 Å². The molecule has 5 heteroatoms. The minimum Gasteiger partial charge on any atom is -0.334 e. The molecule has 0 atom stereocenters. The fourth-order valence-corrected chi connectivity index (χ4v) is 4.15. The minimum atomic E-state index is 0.0805. The fourth-order valence-electron chi connectivity index (χ4n) is 2.75. The van der Waals surface area contributed by atoms with E-state index in [-0.39, 0.29) is 5.91 Å². The van der Waals surface area contributed by atoms with E-state index in [4.69, 9.17) is 11.6 Å². The second-order valence-electron chi connectivity index (χ2n) is 5.10. The molecule has 110 valence electrons. The Morgan fingerprint density at radius 1 is 1.25 bits per heavy atom. The largest absolute Gasteiger partial charge is 0.334 e. The summed E-state index contributed by atoms with van der Waals surface area (Å²) in [4.78, 5) is 14.7. The highest BCUT2D eigenvalue weighted by Gasteiger charge is 2.26. The molecule has 1 aromatic rings. The van der Waals surface area contributed by atoms with E-state index in [2.05, 4.69) is 31.9 Å². The van der Waals surface area contributed by atoms with Crippen molar-refractivity contribution in [3.8, 4) is 0 Å². The van der Waals surface area contributed by atoms with Crippen molar-refractivity contribution < 1.29 is 4.79 Å². The van der Waals surface area contributed by atoms with E-state index in [9.17, 15) is 4.79 Å². The van der Waals surface area contributed by atoms with Gasteiger partial charge in [-0.05, 0) is 47.0 Å². The SMILES string of the molecule is O=C(c1ccc(Br)cc1Br)N(CCCl)C1CCCCC1. The molecule has 0 spiro atoms. The first-order valence-corrected chi connectivity index (χ1v) is 9.07. The lowest BCUT2D eigenvalue weighted by Gasteiger charge is -2.34. The number of halogens is 3. The Morgan fingerprint density at radius 3 is 2.55 bits per heavy atom. The molecule has 0 aliphatic heterocycles. The van der Waals surface area contributed by atoms with Gasteiger partial charge in [-0.15, -0.1) is 11.6 Å². The zero-order valence-electron chi connectivity index (χ0n) is 11.2. The summed E-state index contributed by atoms with van der Waals surface area (Å²) in [5, 5.41) is 0.